The quantitative estimate of drug-likeness (QED) is 0.477. The number of benzene rings is 2. The van der Waals surface area contributed by atoms with E-state index in [0.717, 1.165) is 6.07 Å². The number of hydrogen-bond acceptors (Lipinski definition) is 4. The Kier molecular flexibility index (Phi) is 6.06. The van der Waals surface area contributed by atoms with Gasteiger partial charge in [0.15, 0.2) is 11.6 Å². The van der Waals surface area contributed by atoms with Crippen molar-refractivity contribution in [1.82, 2.24) is 10.2 Å². The van der Waals surface area contributed by atoms with Crippen LogP contribution in [0.15, 0.2) is 41.2 Å². The standard InChI is InChI=1S/C21H16F3N3O3/c1-30-19(28)8-14(12-4-2-11(10-25)3-5-12)20-18(26-27-21(20)29)7-13-6-16(23)17(24)9-15(13)22/h2-6,9,14H,7-8H2,1H3,(H2,26,27,29). The van der Waals surface area contributed by atoms with Gasteiger partial charge in [0.25, 0.3) is 5.56 Å². The predicted molar refractivity (Wildman–Crippen MR) is 100 cm³/mol. The normalized spacial score (nSPS) is 11.7. The molecule has 0 spiro atoms. The first-order chi connectivity index (χ1) is 14.3. The van der Waals surface area contributed by atoms with Crippen LogP contribution in [0, 0.1) is 28.8 Å². The fourth-order valence-electron chi connectivity index (χ4n) is 3.23. The van der Waals surface area contributed by atoms with Gasteiger partial charge in [-0.25, -0.2) is 13.2 Å². The third kappa shape index (κ3) is 4.27. The van der Waals surface area contributed by atoms with Crippen LogP contribution in [0.3, 0.4) is 0 Å². The fraction of sp³-hybridized carbons (Fsp3) is 0.190. The summed E-state index contributed by atoms with van der Waals surface area (Å²) in [5.74, 6) is -4.87. The summed E-state index contributed by atoms with van der Waals surface area (Å²) in [6.45, 7) is 0. The molecule has 0 fully saturated rings. The molecule has 2 aromatic carbocycles. The number of nitrogens with one attached hydrogen (secondary N) is 2. The van der Waals surface area contributed by atoms with Crippen molar-refractivity contribution in [3.05, 3.63) is 92.2 Å². The second-order valence-corrected chi connectivity index (χ2v) is 6.57. The molecule has 1 aromatic heterocycles. The Balaban J connectivity index is 2.07. The smallest absolute Gasteiger partial charge is 0.306 e. The monoisotopic (exact) mass is 415 g/mol. The molecule has 0 radical (unpaired) electrons. The van der Waals surface area contributed by atoms with Crippen molar-refractivity contribution in [3.63, 3.8) is 0 Å². The SMILES string of the molecule is COC(=O)CC(c1ccc(C#N)cc1)c1c(Cc2cc(F)c(F)cc2F)[nH][nH]c1=O. The molecule has 6 nitrogen and oxygen atoms in total. The van der Waals surface area contributed by atoms with Gasteiger partial charge in [0.1, 0.15) is 5.82 Å². The number of aromatic amines is 2. The van der Waals surface area contributed by atoms with Crippen molar-refractivity contribution < 1.29 is 22.7 Å². The zero-order valence-corrected chi connectivity index (χ0v) is 15.8. The maximum Gasteiger partial charge on any atom is 0.306 e. The van der Waals surface area contributed by atoms with E-state index >= 15 is 0 Å². The molecule has 1 heterocycles. The maximum atomic E-state index is 14.1. The van der Waals surface area contributed by atoms with Crippen LogP contribution in [0.1, 0.15) is 40.3 Å². The molecule has 0 amide bonds. The minimum Gasteiger partial charge on any atom is -0.469 e. The number of methoxy groups -OCH3 is 1. The Morgan fingerprint density at radius 3 is 2.40 bits per heavy atom. The molecule has 9 heteroatoms. The first-order valence-corrected chi connectivity index (χ1v) is 8.83. The third-order valence-electron chi connectivity index (χ3n) is 4.74. The Bertz CT molecular complexity index is 1180. The average molecular weight is 415 g/mol. The van der Waals surface area contributed by atoms with Crippen LogP contribution in [0.5, 0.6) is 0 Å². The van der Waals surface area contributed by atoms with E-state index < -0.39 is 34.9 Å². The lowest BCUT2D eigenvalue weighted by Gasteiger charge is -2.16. The lowest BCUT2D eigenvalue weighted by Crippen LogP contribution is -2.18. The number of ether oxygens (including phenoxy) is 1. The number of aromatic nitrogens is 2. The molecule has 0 aliphatic heterocycles. The summed E-state index contributed by atoms with van der Waals surface area (Å²) in [7, 11) is 1.21. The highest BCUT2D eigenvalue weighted by molar-refractivity contribution is 5.71. The molecule has 3 rings (SSSR count). The number of rotatable bonds is 6. The van der Waals surface area contributed by atoms with E-state index in [1.807, 2.05) is 6.07 Å². The molecule has 0 saturated heterocycles. The Labute approximate surface area is 168 Å². The van der Waals surface area contributed by atoms with E-state index in [0.29, 0.717) is 17.2 Å². The van der Waals surface area contributed by atoms with Crippen molar-refractivity contribution in [2.75, 3.05) is 7.11 Å². The molecule has 0 saturated carbocycles. The van der Waals surface area contributed by atoms with E-state index in [4.69, 9.17) is 10.00 Å². The predicted octanol–water partition coefficient (Wildman–Crippen LogP) is 3.28. The van der Waals surface area contributed by atoms with Crippen LogP contribution in [0.25, 0.3) is 0 Å². The Hall–Kier alpha value is -3.80. The molecule has 3 aromatic rings. The second-order valence-electron chi connectivity index (χ2n) is 6.57. The van der Waals surface area contributed by atoms with E-state index in [1.54, 1.807) is 12.1 Å². The number of nitrogens with zero attached hydrogens (tertiary/aromatic N) is 1. The lowest BCUT2D eigenvalue weighted by molar-refractivity contribution is -0.140. The van der Waals surface area contributed by atoms with Gasteiger partial charge in [0, 0.05) is 29.7 Å². The molecule has 154 valence electrons. The molecule has 30 heavy (non-hydrogen) atoms. The Morgan fingerprint density at radius 1 is 1.10 bits per heavy atom. The minimum absolute atomic E-state index is 0.134. The third-order valence-corrected chi connectivity index (χ3v) is 4.74. The van der Waals surface area contributed by atoms with Crippen molar-refractivity contribution in [2.45, 2.75) is 18.8 Å². The van der Waals surface area contributed by atoms with E-state index in [1.165, 1.54) is 19.2 Å². The first-order valence-electron chi connectivity index (χ1n) is 8.83. The molecular weight excluding hydrogens is 399 g/mol. The average Bonchev–Trinajstić information content (AvgIpc) is 3.10. The van der Waals surface area contributed by atoms with Crippen molar-refractivity contribution >= 4 is 5.97 Å². The van der Waals surface area contributed by atoms with Gasteiger partial charge in [-0.1, -0.05) is 12.1 Å². The fourth-order valence-corrected chi connectivity index (χ4v) is 3.23. The van der Waals surface area contributed by atoms with Crippen LogP contribution in [-0.2, 0) is 16.0 Å². The van der Waals surface area contributed by atoms with Crippen molar-refractivity contribution in [2.24, 2.45) is 0 Å². The number of esters is 1. The summed E-state index contributed by atoms with van der Waals surface area (Å²) in [5.41, 5.74) is 0.574. The van der Waals surface area contributed by atoms with E-state index in [9.17, 15) is 22.8 Å². The summed E-state index contributed by atoms with van der Waals surface area (Å²) >= 11 is 0. The number of nitriles is 1. The Morgan fingerprint density at radius 2 is 1.77 bits per heavy atom. The van der Waals surface area contributed by atoms with Gasteiger partial charge in [-0.2, -0.15) is 5.26 Å². The molecular formula is C21H16F3N3O3. The topological polar surface area (TPSA) is 98.7 Å². The number of halogens is 3. The first kappa shape index (κ1) is 20.9. The highest BCUT2D eigenvalue weighted by Crippen LogP contribution is 2.30. The van der Waals surface area contributed by atoms with Crippen LogP contribution in [0.2, 0.25) is 0 Å². The maximum absolute atomic E-state index is 14.1. The van der Waals surface area contributed by atoms with Gasteiger partial charge in [0.05, 0.1) is 25.2 Å². The number of carbonyl (C=O) groups excluding carboxylic acids is 1. The van der Waals surface area contributed by atoms with Gasteiger partial charge in [-0.05, 0) is 29.3 Å². The van der Waals surface area contributed by atoms with Crippen LogP contribution in [0.4, 0.5) is 13.2 Å². The van der Waals surface area contributed by atoms with Gasteiger partial charge < -0.3 is 9.84 Å². The van der Waals surface area contributed by atoms with Crippen LogP contribution >= 0.6 is 0 Å². The largest absolute Gasteiger partial charge is 0.469 e. The minimum atomic E-state index is -1.32. The lowest BCUT2D eigenvalue weighted by atomic mass is 9.87. The van der Waals surface area contributed by atoms with Gasteiger partial charge in [0.2, 0.25) is 0 Å². The molecule has 0 aliphatic carbocycles. The summed E-state index contributed by atoms with van der Waals surface area (Å²) in [6, 6.07) is 9.40. The second kappa shape index (κ2) is 8.69. The summed E-state index contributed by atoms with van der Waals surface area (Å²) in [5, 5.41) is 14.0. The molecule has 0 aliphatic rings. The number of H-pyrrole nitrogens is 2. The van der Waals surface area contributed by atoms with Gasteiger partial charge >= 0.3 is 5.97 Å². The van der Waals surface area contributed by atoms with Crippen molar-refractivity contribution in [1.29, 1.82) is 5.26 Å². The van der Waals surface area contributed by atoms with Gasteiger partial charge in [-0.15, -0.1) is 0 Å². The molecule has 2 N–H and O–H groups in total. The summed E-state index contributed by atoms with van der Waals surface area (Å²) in [4.78, 5) is 24.5. The van der Waals surface area contributed by atoms with Crippen molar-refractivity contribution in [3.8, 4) is 6.07 Å². The summed E-state index contributed by atoms with van der Waals surface area (Å²) in [6.07, 6.45) is -0.443. The molecule has 1 atom stereocenters. The van der Waals surface area contributed by atoms with Crippen LogP contribution in [-0.4, -0.2) is 23.3 Å². The summed E-state index contributed by atoms with van der Waals surface area (Å²) < 4.78 is 45.6. The molecule has 0 bridgehead atoms. The van der Waals surface area contributed by atoms with E-state index in [-0.39, 0.29) is 29.7 Å². The highest BCUT2D eigenvalue weighted by atomic mass is 19.2. The highest BCUT2D eigenvalue weighted by Gasteiger charge is 2.26. The van der Waals surface area contributed by atoms with E-state index in [2.05, 4.69) is 10.2 Å². The zero-order valence-electron chi connectivity index (χ0n) is 15.8. The van der Waals surface area contributed by atoms with Crippen LogP contribution < -0.4 is 5.56 Å². The molecule has 1 unspecified atom stereocenters. The number of hydrogen-bond donors (Lipinski definition) is 2. The zero-order chi connectivity index (χ0) is 21.8. The number of carbonyl (C=O) groups is 1. The van der Waals surface area contributed by atoms with Gasteiger partial charge in [-0.3, -0.25) is 14.7 Å².